The Bertz CT molecular complexity index is 596. The van der Waals surface area contributed by atoms with Crippen LogP contribution < -0.4 is 5.56 Å². The summed E-state index contributed by atoms with van der Waals surface area (Å²) in [4.78, 5) is 15.5. The van der Waals surface area contributed by atoms with E-state index in [9.17, 15) is 4.79 Å². The van der Waals surface area contributed by atoms with E-state index >= 15 is 0 Å². The molecule has 3 rings (SSSR count). The van der Waals surface area contributed by atoms with E-state index in [1.165, 1.54) is 0 Å². The van der Waals surface area contributed by atoms with Crippen LogP contribution in [0.2, 0.25) is 0 Å². The van der Waals surface area contributed by atoms with E-state index in [1.54, 1.807) is 18.7 Å². The van der Waals surface area contributed by atoms with E-state index in [0.29, 0.717) is 18.5 Å². The van der Waals surface area contributed by atoms with Crippen molar-refractivity contribution in [3.05, 3.63) is 51.3 Å². The van der Waals surface area contributed by atoms with Crippen molar-refractivity contribution in [1.29, 1.82) is 0 Å². The molecule has 0 amide bonds. The van der Waals surface area contributed by atoms with Gasteiger partial charge >= 0.3 is 0 Å². The quantitative estimate of drug-likeness (QED) is 0.808. The van der Waals surface area contributed by atoms with Gasteiger partial charge in [0.1, 0.15) is 0 Å². The smallest absolute Gasteiger partial charge is 0.273 e. The average Bonchev–Trinajstić information content (AvgIpc) is 2.92. The number of nitrogens with one attached hydrogen (secondary N) is 1. The number of furan rings is 1. The standard InChI is InChI=1S/C11H9N3O2/c15-11-9-5-12-4-8(9)10(13-14-11)3-7-1-2-16-6-7/h1-2,5-6H,3-4H2,(H,14,15). The van der Waals surface area contributed by atoms with Gasteiger partial charge in [-0.05, 0) is 11.6 Å². The number of aromatic amines is 1. The van der Waals surface area contributed by atoms with Crippen molar-refractivity contribution in [3.63, 3.8) is 0 Å². The molecule has 5 heteroatoms. The van der Waals surface area contributed by atoms with Gasteiger partial charge in [0, 0.05) is 18.2 Å². The molecule has 0 atom stereocenters. The number of nitrogens with zero attached hydrogens (tertiary/aromatic N) is 2. The number of rotatable bonds is 2. The highest BCUT2D eigenvalue weighted by Gasteiger charge is 2.16. The summed E-state index contributed by atoms with van der Waals surface area (Å²) in [5.74, 6) is 0. The van der Waals surface area contributed by atoms with E-state index < -0.39 is 0 Å². The fraction of sp³-hybridized carbons (Fsp3) is 0.182. The zero-order valence-corrected chi connectivity index (χ0v) is 8.43. The van der Waals surface area contributed by atoms with Crippen LogP contribution in [0.5, 0.6) is 0 Å². The minimum atomic E-state index is -0.174. The molecule has 5 nitrogen and oxygen atoms in total. The molecule has 0 spiro atoms. The van der Waals surface area contributed by atoms with Crippen LogP contribution in [0.3, 0.4) is 0 Å². The largest absolute Gasteiger partial charge is 0.472 e. The second-order valence-electron chi connectivity index (χ2n) is 3.67. The average molecular weight is 215 g/mol. The van der Waals surface area contributed by atoms with Crippen molar-refractivity contribution in [2.24, 2.45) is 4.99 Å². The number of aromatic nitrogens is 2. The second kappa shape index (κ2) is 3.44. The molecule has 2 aromatic rings. The molecule has 0 aromatic carbocycles. The normalized spacial score (nSPS) is 13.0. The molecule has 0 aliphatic carbocycles. The molecular weight excluding hydrogens is 206 g/mol. The van der Waals surface area contributed by atoms with Gasteiger partial charge in [0.2, 0.25) is 0 Å². The SMILES string of the molecule is O=c1[nH]nc(Cc2ccoc2)c2c1C=NC2. The maximum Gasteiger partial charge on any atom is 0.273 e. The second-order valence-corrected chi connectivity index (χ2v) is 3.67. The minimum Gasteiger partial charge on any atom is -0.472 e. The van der Waals surface area contributed by atoms with Gasteiger partial charge in [-0.15, -0.1) is 0 Å². The van der Waals surface area contributed by atoms with Gasteiger partial charge in [-0.1, -0.05) is 0 Å². The summed E-state index contributed by atoms with van der Waals surface area (Å²) in [5.41, 5.74) is 3.27. The summed E-state index contributed by atoms with van der Waals surface area (Å²) < 4.78 is 5.00. The van der Waals surface area contributed by atoms with E-state index in [-0.39, 0.29) is 5.56 Å². The van der Waals surface area contributed by atoms with Crippen LogP contribution in [-0.4, -0.2) is 16.4 Å². The Hall–Kier alpha value is -2.17. The first-order chi connectivity index (χ1) is 7.84. The zero-order chi connectivity index (χ0) is 11.0. The third kappa shape index (κ3) is 1.37. The summed E-state index contributed by atoms with van der Waals surface area (Å²) in [6.07, 6.45) is 5.56. The van der Waals surface area contributed by atoms with Crippen LogP contribution in [0.4, 0.5) is 0 Å². The molecule has 1 aliphatic rings. The molecule has 0 saturated carbocycles. The predicted octanol–water partition coefficient (Wildman–Crippen LogP) is 0.886. The van der Waals surface area contributed by atoms with Gasteiger partial charge in [-0.3, -0.25) is 9.79 Å². The van der Waals surface area contributed by atoms with Gasteiger partial charge in [-0.2, -0.15) is 5.10 Å². The molecule has 0 saturated heterocycles. The van der Waals surface area contributed by atoms with Crippen molar-refractivity contribution in [1.82, 2.24) is 10.2 Å². The number of hydrogen-bond acceptors (Lipinski definition) is 4. The molecule has 0 fully saturated rings. The summed E-state index contributed by atoms with van der Waals surface area (Å²) in [7, 11) is 0. The Morgan fingerprint density at radius 2 is 2.44 bits per heavy atom. The summed E-state index contributed by atoms with van der Waals surface area (Å²) in [6.45, 7) is 0.541. The number of fused-ring (bicyclic) bond motifs is 1. The highest BCUT2D eigenvalue weighted by molar-refractivity contribution is 5.84. The van der Waals surface area contributed by atoms with Crippen LogP contribution in [-0.2, 0) is 13.0 Å². The fourth-order valence-corrected chi connectivity index (χ4v) is 1.81. The van der Waals surface area contributed by atoms with Crippen molar-refractivity contribution < 1.29 is 4.42 Å². The van der Waals surface area contributed by atoms with Crippen LogP contribution in [0.1, 0.15) is 22.4 Å². The third-order valence-corrected chi connectivity index (χ3v) is 2.63. The van der Waals surface area contributed by atoms with Crippen molar-refractivity contribution in [2.75, 3.05) is 0 Å². The lowest BCUT2D eigenvalue weighted by atomic mass is 10.1. The number of H-pyrrole nitrogens is 1. The van der Waals surface area contributed by atoms with Crippen molar-refractivity contribution in [2.45, 2.75) is 13.0 Å². The van der Waals surface area contributed by atoms with E-state index in [2.05, 4.69) is 15.2 Å². The topological polar surface area (TPSA) is 71.2 Å². The lowest BCUT2D eigenvalue weighted by Crippen LogP contribution is -2.17. The minimum absolute atomic E-state index is 0.174. The summed E-state index contributed by atoms with van der Waals surface area (Å²) >= 11 is 0. The first kappa shape index (κ1) is 9.08. The van der Waals surface area contributed by atoms with Gasteiger partial charge in [0.05, 0.1) is 30.3 Å². The Morgan fingerprint density at radius 1 is 1.50 bits per heavy atom. The Balaban J connectivity index is 2.04. The molecule has 3 heterocycles. The molecule has 2 aromatic heterocycles. The lowest BCUT2D eigenvalue weighted by Gasteiger charge is -2.03. The lowest BCUT2D eigenvalue weighted by molar-refractivity contribution is 0.564. The molecule has 0 bridgehead atoms. The molecule has 1 N–H and O–H groups in total. The van der Waals surface area contributed by atoms with Crippen LogP contribution in [0.25, 0.3) is 0 Å². The number of aliphatic imine (C=N–C) groups is 1. The van der Waals surface area contributed by atoms with E-state index in [1.807, 2.05) is 6.07 Å². The molecule has 16 heavy (non-hydrogen) atoms. The van der Waals surface area contributed by atoms with Crippen molar-refractivity contribution >= 4 is 6.21 Å². The maximum absolute atomic E-state index is 11.4. The highest BCUT2D eigenvalue weighted by Crippen LogP contribution is 2.17. The molecule has 80 valence electrons. The van der Waals surface area contributed by atoms with Gasteiger partial charge in [-0.25, -0.2) is 5.10 Å². The molecule has 0 unspecified atom stereocenters. The van der Waals surface area contributed by atoms with Crippen LogP contribution >= 0.6 is 0 Å². The molecule has 0 radical (unpaired) electrons. The molecule has 1 aliphatic heterocycles. The highest BCUT2D eigenvalue weighted by atomic mass is 16.3. The Morgan fingerprint density at radius 3 is 3.25 bits per heavy atom. The summed E-state index contributed by atoms with van der Waals surface area (Å²) in [5, 5.41) is 6.55. The van der Waals surface area contributed by atoms with E-state index in [4.69, 9.17) is 4.42 Å². The first-order valence-corrected chi connectivity index (χ1v) is 4.96. The van der Waals surface area contributed by atoms with Gasteiger partial charge in [0.15, 0.2) is 0 Å². The van der Waals surface area contributed by atoms with Crippen molar-refractivity contribution in [3.8, 4) is 0 Å². The monoisotopic (exact) mass is 215 g/mol. The van der Waals surface area contributed by atoms with Gasteiger partial charge < -0.3 is 4.42 Å². The first-order valence-electron chi connectivity index (χ1n) is 4.96. The van der Waals surface area contributed by atoms with E-state index in [0.717, 1.165) is 16.8 Å². The fourth-order valence-electron chi connectivity index (χ4n) is 1.81. The number of hydrogen-bond donors (Lipinski definition) is 1. The predicted molar refractivity (Wildman–Crippen MR) is 57.7 cm³/mol. The zero-order valence-electron chi connectivity index (χ0n) is 8.43. The maximum atomic E-state index is 11.4. The van der Waals surface area contributed by atoms with Crippen LogP contribution in [0, 0.1) is 0 Å². The van der Waals surface area contributed by atoms with Crippen LogP contribution in [0.15, 0.2) is 32.8 Å². The third-order valence-electron chi connectivity index (χ3n) is 2.63. The summed E-state index contributed by atoms with van der Waals surface area (Å²) in [6, 6.07) is 1.88. The Labute approximate surface area is 90.8 Å². The van der Waals surface area contributed by atoms with Gasteiger partial charge in [0.25, 0.3) is 5.56 Å². The Kier molecular flexibility index (Phi) is 1.96. The molecular formula is C11H9N3O2.